The summed E-state index contributed by atoms with van der Waals surface area (Å²) in [6.07, 6.45) is 10.7. The molecule has 0 bridgehead atoms. The Morgan fingerprint density at radius 3 is 2.22 bits per heavy atom. The maximum Gasteiger partial charge on any atom is 0.294 e. The number of unbranched alkanes of at least 4 members (excludes halogenated alkanes) is 7. The van der Waals surface area contributed by atoms with Crippen molar-refractivity contribution in [2.75, 3.05) is 5.75 Å². The number of aromatic nitrogens is 2. The van der Waals surface area contributed by atoms with Crippen LogP contribution in [0.15, 0.2) is 23.1 Å². The summed E-state index contributed by atoms with van der Waals surface area (Å²) in [7, 11) is -8.58. The molecule has 0 saturated heterocycles. The van der Waals surface area contributed by atoms with Gasteiger partial charge in [0.2, 0.25) is 0 Å². The van der Waals surface area contributed by atoms with Crippen molar-refractivity contribution < 1.29 is 25.9 Å². The standard InChI is InChI=1S/C21H32N2O6S3/c1-2-3-4-5-6-7-8-9-10-17(30)15-21-22-19-16-18(32(27,28)29)11-12-20(19)23(21)13-14-31(24,25)26/h11-12,16H,2-10,13-15H2,1H3,(H,24,25,26)(H,27,28,29). The van der Waals surface area contributed by atoms with Gasteiger partial charge in [0.1, 0.15) is 5.82 Å². The Morgan fingerprint density at radius 1 is 1.00 bits per heavy atom. The molecule has 32 heavy (non-hydrogen) atoms. The lowest BCUT2D eigenvalue weighted by Gasteiger charge is -2.09. The third-order valence-electron chi connectivity index (χ3n) is 5.33. The van der Waals surface area contributed by atoms with Gasteiger partial charge in [-0.15, -0.1) is 0 Å². The van der Waals surface area contributed by atoms with E-state index in [-0.39, 0.29) is 11.4 Å². The van der Waals surface area contributed by atoms with E-state index in [4.69, 9.17) is 16.8 Å². The van der Waals surface area contributed by atoms with E-state index < -0.39 is 26.0 Å². The van der Waals surface area contributed by atoms with Gasteiger partial charge in [0, 0.05) is 17.8 Å². The van der Waals surface area contributed by atoms with Crippen LogP contribution in [0.3, 0.4) is 0 Å². The summed E-state index contributed by atoms with van der Waals surface area (Å²) in [4.78, 5) is 4.93. The summed E-state index contributed by atoms with van der Waals surface area (Å²) in [5.74, 6) is -0.00302. The molecule has 2 N–H and O–H groups in total. The largest absolute Gasteiger partial charge is 0.327 e. The van der Waals surface area contributed by atoms with Crippen molar-refractivity contribution in [2.24, 2.45) is 0 Å². The fourth-order valence-electron chi connectivity index (χ4n) is 3.63. The van der Waals surface area contributed by atoms with E-state index in [1.54, 1.807) is 4.57 Å². The van der Waals surface area contributed by atoms with E-state index in [0.717, 1.165) is 24.1 Å². The zero-order chi connectivity index (χ0) is 23.8. The minimum atomic E-state index is -4.39. The molecular formula is C21H32N2O6S3. The van der Waals surface area contributed by atoms with Crippen LogP contribution in [-0.2, 0) is 33.2 Å². The Balaban J connectivity index is 2.07. The second kappa shape index (κ2) is 12.2. The van der Waals surface area contributed by atoms with Crippen LogP contribution in [0.4, 0.5) is 0 Å². The van der Waals surface area contributed by atoms with E-state index in [0.29, 0.717) is 23.3 Å². The first-order valence-corrected chi connectivity index (χ1v) is 14.4. The molecule has 180 valence electrons. The molecule has 0 spiro atoms. The van der Waals surface area contributed by atoms with Crippen LogP contribution in [0.25, 0.3) is 11.0 Å². The van der Waals surface area contributed by atoms with Crippen LogP contribution in [-0.4, -0.2) is 46.1 Å². The maximum absolute atomic E-state index is 11.4. The number of hydrogen-bond acceptors (Lipinski definition) is 6. The van der Waals surface area contributed by atoms with E-state index in [9.17, 15) is 21.4 Å². The van der Waals surface area contributed by atoms with Crippen molar-refractivity contribution in [1.29, 1.82) is 0 Å². The van der Waals surface area contributed by atoms with Crippen LogP contribution in [0.2, 0.25) is 0 Å². The van der Waals surface area contributed by atoms with Crippen LogP contribution in [0.1, 0.15) is 70.5 Å². The van der Waals surface area contributed by atoms with Crippen LogP contribution >= 0.6 is 12.2 Å². The third kappa shape index (κ3) is 8.86. The molecule has 0 fully saturated rings. The van der Waals surface area contributed by atoms with Gasteiger partial charge in [-0.1, -0.05) is 64.1 Å². The SMILES string of the molecule is CCCCCCCCCCC(=S)Cc1nc2cc(S(=O)(=O)O)ccc2n1CCS(=O)(=O)O. The molecule has 1 aromatic heterocycles. The smallest absolute Gasteiger partial charge is 0.294 e. The first kappa shape index (κ1) is 26.8. The summed E-state index contributed by atoms with van der Waals surface area (Å²) in [6, 6.07) is 3.92. The Labute approximate surface area is 195 Å². The van der Waals surface area contributed by atoms with Gasteiger partial charge in [-0.05, 0) is 31.0 Å². The summed E-state index contributed by atoms with van der Waals surface area (Å²) < 4.78 is 65.4. The molecule has 11 heteroatoms. The van der Waals surface area contributed by atoms with E-state index in [2.05, 4.69) is 11.9 Å². The van der Waals surface area contributed by atoms with Gasteiger partial charge in [0.05, 0.1) is 21.7 Å². The van der Waals surface area contributed by atoms with Gasteiger partial charge in [0.25, 0.3) is 20.2 Å². The second-order valence-corrected chi connectivity index (χ2v) is 11.6. The predicted molar refractivity (Wildman–Crippen MR) is 129 cm³/mol. The molecule has 0 amide bonds. The van der Waals surface area contributed by atoms with Gasteiger partial charge in [0.15, 0.2) is 0 Å². The number of imidazole rings is 1. The molecule has 2 rings (SSSR count). The van der Waals surface area contributed by atoms with Crippen molar-refractivity contribution in [1.82, 2.24) is 9.55 Å². The second-order valence-electron chi connectivity index (χ2n) is 8.03. The number of aryl methyl sites for hydroxylation is 1. The van der Waals surface area contributed by atoms with Crippen molar-refractivity contribution in [3.8, 4) is 0 Å². The van der Waals surface area contributed by atoms with Gasteiger partial charge >= 0.3 is 0 Å². The van der Waals surface area contributed by atoms with E-state index >= 15 is 0 Å². The van der Waals surface area contributed by atoms with Crippen LogP contribution in [0, 0.1) is 0 Å². The lowest BCUT2D eigenvalue weighted by Crippen LogP contribution is -2.15. The van der Waals surface area contributed by atoms with Crippen molar-refractivity contribution >= 4 is 48.4 Å². The van der Waals surface area contributed by atoms with Crippen molar-refractivity contribution in [2.45, 2.75) is 82.6 Å². The molecule has 0 aliphatic heterocycles. The molecule has 2 aromatic rings. The minimum absolute atomic E-state index is 0.0454. The average Bonchev–Trinajstić information content (AvgIpc) is 3.03. The molecule has 8 nitrogen and oxygen atoms in total. The molecule has 0 aliphatic carbocycles. The zero-order valence-corrected chi connectivity index (χ0v) is 20.8. The van der Waals surface area contributed by atoms with Crippen molar-refractivity contribution in [3.63, 3.8) is 0 Å². The summed E-state index contributed by atoms with van der Waals surface area (Å²) in [5, 5.41) is 0. The number of benzene rings is 1. The van der Waals surface area contributed by atoms with E-state index in [1.165, 1.54) is 56.7 Å². The summed E-state index contributed by atoms with van der Waals surface area (Å²) >= 11 is 5.52. The monoisotopic (exact) mass is 504 g/mol. The Hall–Kier alpha value is -1.40. The summed E-state index contributed by atoms with van der Waals surface area (Å²) in [6.45, 7) is 2.15. The highest BCUT2D eigenvalue weighted by Gasteiger charge is 2.18. The maximum atomic E-state index is 11.4. The lowest BCUT2D eigenvalue weighted by molar-refractivity contribution is 0.477. The number of rotatable bonds is 15. The lowest BCUT2D eigenvalue weighted by atomic mass is 10.1. The van der Waals surface area contributed by atoms with Gasteiger partial charge < -0.3 is 4.57 Å². The Bertz CT molecular complexity index is 1120. The third-order valence-corrected chi connectivity index (χ3v) is 7.23. The molecule has 0 aliphatic rings. The number of fused-ring (bicyclic) bond motifs is 1. The number of hydrogen-bond donors (Lipinski definition) is 2. The predicted octanol–water partition coefficient (Wildman–Crippen LogP) is 4.61. The minimum Gasteiger partial charge on any atom is -0.327 e. The molecule has 0 saturated carbocycles. The summed E-state index contributed by atoms with van der Waals surface area (Å²) in [5.41, 5.74) is 0.811. The average molecular weight is 505 g/mol. The molecule has 0 atom stereocenters. The first-order chi connectivity index (χ1) is 15.0. The molecular weight excluding hydrogens is 472 g/mol. The highest BCUT2D eigenvalue weighted by molar-refractivity contribution is 7.86. The van der Waals surface area contributed by atoms with Gasteiger partial charge in [-0.3, -0.25) is 9.11 Å². The molecule has 1 heterocycles. The van der Waals surface area contributed by atoms with Gasteiger partial charge in [-0.2, -0.15) is 16.8 Å². The highest BCUT2D eigenvalue weighted by Crippen LogP contribution is 2.22. The quantitative estimate of drug-likeness (QED) is 0.204. The van der Waals surface area contributed by atoms with Crippen LogP contribution in [0.5, 0.6) is 0 Å². The number of nitrogens with zero attached hydrogens (tertiary/aromatic N) is 2. The number of thiocarbonyl (C=S) groups is 1. The highest BCUT2D eigenvalue weighted by atomic mass is 32.2. The van der Waals surface area contributed by atoms with Crippen LogP contribution < -0.4 is 0 Å². The van der Waals surface area contributed by atoms with E-state index in [1.807, 2.05) is 0 Å². The van der Waals surface area contributed by atoms with Crippen molar-refractivity contribution in [3.05, 3.63) is 24.0 Å². The molecule has 0 radical (unpaired) electrons. The molecule has 1 aromatic carbocycles. The Morgan fingerprint density at radius 2 is 1.62 bits per heavy atom. The molecule has 0 unspecified atom stereocenters. The fraction of sp³-hybridized carbons (Fsp3) is 0.619. The van der Waals surface area contributed by atoms with Gasteiger partial charge in [-0.25, -0.2) is 4.98 Å². The normalized spacial score (nSPS) is 12.5. The Kier molecular flexibility index (Phi) is 10.2. The fourth-order valence-corrected chi connectivity index (χ4v) is 4.82. The zero-order valence-electron chi connectivity index (χ0n) is 18.4. The first-order valence-electron chi connectivity index (χ1n) is 10.9. The topological polar surface area (TPSA) is 127 Å².